The largest absolute Gasteiger partial charge is 0.335 e. The summed E-state index contributed by atoms with van der Waals surface area (Å²) in [5.74, 6) is 0. The van der Waals surface area contributed by atoms with E-state index in [2.05, 4.69) is 20.8 Å². The number of nitrogens with zero attached hydrogens (tertiary/aromatic N) is 1. The molecule has 9 heteroatoms. The zero-order valence-corrected chi connectivity index (χ0v) is 14.0. The van der Waals surface area contributed by atoms with E-state index in [1.54, 1.807) is 25.3 Å². The Morgan fingerprint density at radius 3 is 2.96 bits per heavy atom. The van der Waals surface area contributed by atoms with Crippen LogP contribution in [0.2, 0.25) is 0 Å². The highest BCUT2D eigenvalue weighted by molar-refractivity contribution is 7.89. The lowest BCUT2D eigenvalue weighted by Crippen LogP contribution is -2.41. The minimum atomic E-state index is -3.83. The van der Waals surface area contributed by atoms with Gasteiger partial charge >= 0.3 is 6.03 Å². The van der Waals surface area contributed by atoms with Crippen LogP contribution in [0.25, 0.3) is 0 Å². The first-order valence-electron chi connectivity index (χ1n) is 7.55. The topological polar surface area (TPSA) is 130 Å². The molecule has 0 radical (unpaired) electrons. The van der Waals surface area contributed by atoms with Gasteiger partial charge < -0.3 is 10.6 Å². The number of amides is 2. The molecule has 3 rings (SSSR count). The van der Waals surface area contributed by atoms with Crippen molar-refractivity contribution in [3.05, 3.63) is 41.2 Å². The predicted octanol–water partition coefficient (Wildman–Crippen LogP) is 1.04. The number of rotatable bonds is 3. The van der Waals surface area contributed by atoms with Gasteiger partial charge in [-0.3, -0.25) is 5.10 Å². The van der Waals surface area contributed by atoms with Crippen molar-refractivity contribution in [2.45, 2.75) is 37.1 Å². The number of urea groups is 1. The maximum atomic E-state index is 12.2. The summed E-state index contributed by atoms with van der Waals surface area (Å²) >= 11 is 0. The van der Waals surface area contributed by atoms with Gasteiger partial charge in [0, 0.05) is 17.4 Å². The van der Waals surface area contributed by atoms with Crippen LogP contribution in [0.15, 0.2) is 29.3 Å². The molecule has 2 amide bonds. The van der Waals surface area contributed by atoms with Crippen LogP contribution in [0.4, 0.5) is 10.5 Å². The molecule has 1 atom stereocenters. The summed E-state index contributed by atoms with van der Waals surface area (Å²) in [6, 6.07) is 4.24. The second-order valence-electron chi connectivity index (χ2n) is 5.94. The summed E-state index contributed by atoms with van der Waals surface area (Å²) in [4.78, 5) is 12.2. The first-order chi connectivity index (χ1) is 11.3. The van der Waals surface area contributed by atoms with E-state index in [1.807, 2.05) is 0 Å². The molecule has 2 aromatic rings. The minimum absolute atomic E-state index is 0.000931. The zero-order chi connectivity index (χ0) is 17.3. The smallest absolute Gasteiger partial charge is 0.319 e. The molecule has 0 unspecified atom stereocenters. The van der Waals surface area contributed by atoms with Crippen molar-refractivity contribution in [2.75, 3.05) is 5.32 Å². The van der Waals surface area contributed by atoms with E-state index in [4.69, 9.17) is 5.14 Å². The van der Waals surface area contributed by atoms with E-state index in [1.165, 1.54) is 6.07 Å². The number of hydrogen-bond acceptors (Lipinski definition) is 4. The Labute approximate surface area is 139 Å². The van der Waals surface area contributed by atoms with Crippen molar-refractivity contribution < 1.29 is 13.2 Å². The maximum absolute atomic E-state index is 12.2. The van der Waals surface area contributed by atoms with E-state index >= 15 is 0 Å². The quantitative estimate of drug-likeness (QED) is 0.659. The summed E-state index contributed by atoms with van der Waals surface area (Å²) in [6.07, 6.45) is 4.15. The molecule has 0 bridgehead atoms. The molecule has 0 fully saturated rings. The number of fused-ring (bicyclic) bond motifs is 1. The van der Waals surface area contributed by atoms with Crippen molar-refractivity contribution in [3.63, 3.8) is 0 Å². The molecule has 5 N–H and O–H groups in total. The van der Waals surface area contributed by atoms with Gasteiger partial charge in [0.1, 0.15) is 0 Å². The highest BCUT2D eigenvalue weighted by atomic mass is 32.2. The maximum Gasteiger partial charge on any atom is 0.319 e. The van der Waals surface area contributed by atoms with Crippen molar-refractivity contribution >= 4 is 21.7 Å². The van der Waals surface area contributed by atoms with Gasteiger partial charge in [-0.2, -0.15) is 5.10 Å². The van der Waals surface area contributed by atoms with E-state index in [9.17, 15) is 13.2 Å². The third-order valence-electron chi connectivity index (χ3n) is 4.10. The van der Waals surface area contributed by atoms with Crippen molar-refractivity contribution in [2.24, 2.45) is 5.14 Å². The molecule has 1 heterocycles. The number of carbonyl (C=O) groups excluding carboxylic acids is 1. The van der Waals surface area contributed by atoms with Crippen LogP contribution in [0, 0.1) is 6.92 Å². The Morgan fingerprint density at radius 1 is 1.42 bits per heavy atom. The number of H-pyrrole nitrogens is 1. The summed E-state index contributed by atoms with van der Waals surface area (Å²) in [6.45, 7) is 1.65. The normalized spacial score (nSPS) is 17.2. The number of aryl methyl sites for hydroxylation is 2. The van der Waals surface area contributed by atoms with E-state index < -0.39 is 10.0 Å². The van der Waals surface area contributed by atoms with Crippen molar-refractivity contribution in [1.82, 2.24) is 15.5 Å². The number of anilines is 1. The molecule has 0 aliphatic heterocycles. The highest BCUT2D eigenvalue weighted by Gasteiger charge is 2.21. The number of nitrogens with two attached hydrogens (primary N) is 1. The van der Waals surface area contributed by atoms with E-state index in [0.717, 1.165) is 30.5 Å². The fourth-order valence-electron chi connectivity index (χ4n) is 2.88. The number of carbonyl (C=O) groups is 1. The van der Waals surface area contributed by atoms with Gasteiger partial charge in [-0.25, -0.2) is 18.4 Å². The van der Waals surface area contributed by atoms with Gasteiger partial charge in [0.05, 0.1) is 11.1 Å². The zero-order valence-electron chi connectivity index (χ0n) is 13.2. The first kappa shape index (κ1) is 16.5. The Bertz CT molecular complexity index is 875. The van der Waals surface area contributed by atoms with E-state index in [-0.39, 0.29) is 17.0 Å². The number of primary sulfonamides is 1. The summed E-state index contributed by atoms with van der Waals surface area (Å²) in [5, 5.41) is 17.7. The van der Waals surface area contributed by atoms with Crippen LogP contribution < -0.4 is 15.8 Å². The predicted molar refractivity (Wildman–Crippen MR) is 89.1 cm³/mol. The SMILES string of the molecule is Cc1ccc(NC(=O)N[C@@H]2CCc3[nH]ncc3C2)cc1S(N)(=O)=O. The van der Waals surface area contributed by atoms with Gasteiger partial charge in [0.25, 0.3) is 0 Å². The average Bonchev–Trinajstić information content (AvgIpc) is 2.95. The Morgan fingerprint density at radius 2 is 2.21 bits per heavy atom. The monoisotopic (exact) mass is 349 g/mol. The summed E-state index contributed by atoms with van der Waals surface area (Å²) < 4.78 is 23.1. The molecule has 0 saturated heterocycles. The van der Waals surface area contributed by atoms with Crippen molar-refractivity contribution in [3.8, 4) is 0 Å². The van der Waals surface area contributed by atoms with Crippen LogP contribution in [-0.4, -0.2) is 30.7 Å². The molecule has 1 aliphatic carbocycles. The molecular weight excluding hydrogens is 330 g/mol. The molecule has 8 nitrogen and oxygen atoms in total. The molecule has 128 valence electrons. The molecule has 0 spiro atoms. The molecule has 0 saturated carbocycles. The third kappa shape index (κ3) is 3.57. The number of aromatic nitrogens is 2. The molecule has 1 aromatic carbocycles. The van der Waals surface area contributed by atoms with Gasteiger partial charge in [-0.15, -0.1) is 0 Å². The standard InChI is InChI=1S/C15H19N5O3S/c1-9-2-3-12(7-14(9)24(16,22)23)19-15(21)18-11-4-5-13-10(6-11)8-17-20-13/h2-3,7-8,11H,4-6H2,1H3,(H,17,20)(H2,16,22,23)(H2,18,19,21)/t11-/m1/s1. The minimum Gasteiger partial charge on any atom is -0.335 e. The number of nitrogens with one attached hydrogen (secondary N) is 3. The summed E-state index contributed by atoms with van der Waals surface area (Å²) in [7, 11) is -3.83. The van der Waals surface area contributed by atoms with Crippen LogP contribution in [0.5, 0.6) is 0 Å². The second-order valence-corrected chi connectivity index (χ2v) is 7.47. The summed E-state index contributed by atoms with van der Waals surface area (Å²) in [5.41, 5.74) is 3.13. The lowest BCUT2D eigenvalue weighted by Gasteiger charge is -2.23. The van der Waals surface area contributed by atoms with Gasteiger partial charge in [0.2, 0.25) is 10.0 Å². The van der Waals surface area contributed by atoms with E-state index in [0.29, 0.717) is 11.3 Å². The molecule has 24 heavy (non-hydrogen) atoms. The van der Waals surface area contributed by atoms with Crippen LogP contribution in [-0.2, 0) is 22.9 Å². The number of benzene rings is 1. The van der Waals surface area contributed by atoms with Gasteiger partial charge in [-0.05, 0) is 49.4 Å². The third-order valence-corrected chi connectivity index (χ3v) is 5.16. The molecule has 1 aromatic heterocycles. The number of sulfonamides is 1. The highest BCUT2D eigenvalue weighted by Crippen LogP contribution is 2.20. The van der Waals surface area contributed by atoms with Crippen LogP contribution in [0.3, 0.4) is 0 Å². The van der Waals surface area contributed by atoms with Crippen LogP contribution in [0.1, 0.15) is 23.2 Å². The van der Waals surface area contributed by atoms with Gasteiger partial charge in [0.15, 0.2) is 0 Å². The Balaban J connectivity index is 1.66. The fraction of sp³-hybridized carbons (Fsp3) is 0.333. The molecular formula is C15H19N5O3S. The Kier molecular flexibility index (Phi) is 4.29. The molecule has 1 aliphatic rings. The lowest BCUT2D eigenvalue weighted by molar-refractivity contribution is 0.247. The fourth-order valence-corrected chi connectivity index (χ4v) is 3.68. The van der Waals surface area contributed by atoms with Crippen molar-refractivity contribution in [1.29, 1.82) is 0 Å². The number of hydrogen-bond donors (Lipinski definition) is 4. The second kappa shape index (κ2) is 6.25. The number of aromatic amines is 1. The van der Waals surface area contributed by atoms with Gasteiger partial charge in [-0.1, -0.05) is 6.07 Å². The Hall–Kier alpha value is -2.39. The average molecular weight is 349 g/mol. The van der Waals surface area contributed by atoms with Crippen LogP contribution >= 0.6 is 0 Å². The lowest BCUT2D eigenvalue weighted by atomic mass is 9.94. The first-order valence-corrected chi connectivity index (χ1v) is 9.09.